The van der Waals surface area contributed by atoms with E-state index in [4.69, 9.17) is 15.2 Å². The molecule has 1 aromatic rings. The Morgan fingerprint density at radius 2 is 2.13 bits per heavy atom. The molecule has 126 valence electrons. The molecule has 2 amide bonds. The molecule has 0 aliphatic carbocycles. The maximum Gasteiger partial charge on any atom is 0.275 e. The fourth-order valence-corrected chi connectivity index (χ4v) is 3.06. The highest BCUT2D eigenvalue weighted by atomic mass is 16.5. The lowest BCUT2D eigenvalue weighted by atomic mass is 10.0. The number of carbonyl (C=O) groups excluding carboxylic acids is 2. The van der Waals surface area contributed by atoms with Gasteiger partial charge in [0.15, 0.2) is 6.54 Å². The molecule has 2 atom stereocenters. The van der Waals surface area contributed by atoms with Crippen LogP contribution in [0.2, 0.25) is 0 Å². The predicted octanol–water partition coefficient (Wildman–Crippen LogP) is -0.975. The molecular formula is C16H24N3O4+. The Morgan fingerprint density at radius 3 is 2.78 bits per heavy atom. The van der Waals surface area contributed by atoms with E-state index in [1.54, 1.807) is 14.2 Å². The van der Waals surface area contributed by atoms with Gasteiger partial charge in [-0.3, -0.25) is 9.59 Å². The number of carbonyl (C=O) groups is 2. The summed E-state index contributed by atoms with van der Waals surface area (Å²) in [5.41, 5.74) is 6.12. The van der Waals surface area contributed by atoms with Crippen LogP contribution in [0.25, 0.3) is 0 Å². The Kier molecular flexibility index (Phi) is 5.81. The van der Waals surface area contributed by atoms with Gasteiger partial charge in [-0.2, -0.15) is 0 Å². The van der Waals surface area contributed by atoms with Crippen molar-refractivity contribution in [2.24, 2.45) is 5.73 Å². The summed E-state index contributed by atoms with van der Waals surface area (Å²) in [7, 11) is 3.25. The summed E-state index contributed by atoms with van der Waals surface area (Å²) in [6, 6.07) is 5.95. The molecular weight excluding hydrogens is 298 g/mol. The summed E-state index contributed by atoms with van der Waals surface area (Å²) in [6.45, 7) is 1.10. The number of amides is 2. The van der Waals surface area contributed by atoms with E-state index in [2.05, 4.69) is 5.32 Å². The number of hydrogen-bond acceptors (Lipinski definition) is 4. The third-order valence-corrected chi connectivity index (χ3v) is 4.15. The molecule has 1 heterocycles. The molecule has 0 bridgehead atoms. The van der Waals surface area contributed by atoms with Crippen molar-refractivity contribution in [2.75, 3.05) is 33.9 Å². The van der Waals surface area contributed by atoms with Crippen LogP contribution in [0.5, 0.6) is 11.5 Å². The number of methoxy groups -OCH3 is 2. The molecule has 1 saturated heterocycles. The lowest BCUT2D eigenvalue weighted by Crippen LogP contribution is -3.11. The highest BCUT2D eigenvalue weighted by Crippen LogP contribution is 2.31. The van der Waals surface area contributed by atoms with E-state index in [1.807, 2.05) is 18.2 Å². The molecule has 4 N–H and O–H groups in total. The standard InChI is InChI=1S/C16H23N3O4/c1-22-11-5-6-12(14(8-11)23-2)13-4-3-7-19(13)10-16(21)18-9-15(17)20/h5-6,8,13H,3-4,7,9-10H2,1-2H3,(H2,17,20)(H,18,21)/p+1/t13-/m1/s1. The van der Waals surface area contributed by atoms with Crippen LogP contribution in [-0.4, -0.2) is 45.7 Å². The van der Waals surface area contributed by atoms with Gasteiger partial charge in [0.25, 0.3) is 5.91 Å². The smallest absolute Gasteiger partial charge is 0.275 e. The van der Waals surface area contributed by atoms with Gasteiger partial charge in [0, 0.05) is 18.9 Å². The average molecular weight is 322 g/mol. The molecule has 2 rings (SSSR count). The van der Waals surface area contributed by atoms with Gasteiger partial charge in [0.1, 0.15) is 17.5 Å². The zero-order chi connectivity index (χ0) is 16.8. The monoisotopic (exact) mass is 322 g/mol. The van der Waals surface area contributed by atoms with Crippen LogP contribution in [0.3, 0.4) is 0 Å². The highest BCUT2D eigenvalue weighted by Gasteiger charge is 2.33. The summed E-state index contributed by atoms with van der Waals surface area (Å²) in [5.74, 6) is 0.803. The number of hydrogen-bond donors (Lipinski definition) is 3. The number of primary amides is 1. The van der Waals surface area contributed by atoms with Crippen molar-refractivity contribution in [1.29, 1.82) is 0 Å². The normalized spacial score (nSPS) is 20.1. The first-order valence-corrected chi connectivity index (χ1v) is 7.66. The van der Waals surface area contributed by atoms with Crippen molar-refractivity contribution < 1.29 is 24.0 Å². The third-order valence-electron chi connectivity index (χ3n) is 4.15. The van der Waals surface area contributed by atoms with E-state index >= 15 is 0 Å². The van der Waals surface area contributed by atoms with Crippen LogP contribution in [0.4, 0.5) is 0 Å². The zero-order valence-corrected chi connectivity index (χ0v) is 13.6. The lowest BCUT2D eigenvalue weighted by molar-refractivity contribution is -0.910. The van der Waals surface area contributed by atoms with Gasteiger partial charge < -0.3 is 25.4 Å². The van der Waals surface area contributed by atoms with Crippen molar-refractivity contribution in [2.45, 2.75) is 18.9 Å². The van der Waals surface area contributed by atoms with E-state index in [0.29, 0.717) is 6.54 Å². The summed E-state index contributed by atoms with van der Waals surface area (Å²) in [5, 5.41) is 2.54. The van der Waals surface area contributed by atoms with E-state index < -0.39 is 5.91 Å². The van der Waals surface area contributed by atoms with Crippen LogP contribution in [0, 0.1) is 0 Å². The molecule has 1 aliphatic heterocycles. The Balaban J connectivity index is 2.09. The molecule has 23 heavy (non-hydrogen) atoms. The van der Waals surface area contributed by atoms with E-state index in [0.717, 1.165) is 41.3 Å². The Bertz CT molecular complexity index is 576. The van der Waals surface area contributed by atoms with E-state index in [1.165, 1.54) is 0 Å². The number of quaternary nitrogens is 1. The first-order chi connectivity index (χ1) is 11.0. The summed E-state index contributed by atoms with van der Waals surface area (Å²) in [4.78, 5) is 23.8. The van der Waals surface area contributed by atoms with Crippen molar-refractivity contribution in [1.82, 2.24) is 5.32 Å². The van der Waals surface area contributed by atoms with Crippen LogP contribution in [-0.2, 0) is 9.59 Å². The fraction of sp³-hybridized carbons (Fsp3) is 0.500. The maximum absolute atomic E-state index is 11.9. The quantitative estimate of drug-likeness (QED) is 0.602. The topological polar surface area (TPSA) is 95.1 Å². The number of rotatable bonds is 7. The summed E-state index contributed by atoms with van der Waals surface area (Å²) < 4.78 is 10.7. The number of likely N-dealkylation sites (tertiary alicyclic amines) is 1. The number of nitrogens with two attached hydrogens (primary N) is 1. The molecule has 1 aromatic carbocycles. The largest absolute Gasteiger partial charge is 0.497 e. The third kappa shape index (κ3) is 4.35. The van der Waals surface area contributed by atoms with E-state index in [-0.39, 0.29) is 18.5 Å². The molecule has 1 aliphatic rings. The SMILES string of the molecule is COc1ccc([C@H]2CCC[NH+]2CC(=O)NCC(N)=O)c(OC)c1. The molecule has 1 fully saturated rings. The molecule has 1 unspecified atom stereocenters. The average Bonchev–Trinajstić information content (AvgIpc) is 3.00. The van der Waals surface area contributed by atoms with Gasteiger partial charge in [-0.05, 0) is 12.1 Å². The second kappa shape index (κ2) is 7.82. The van der Waals surface area contributed by atoms with Gasteiger partial charge in [0.05, 0.1) is 32.9 Å². The van der Waals surface area contributed by atoms with Crippen LogP contribution in [0.1, 0.15) is 24.4 Å². The molecule has 7 nitrogen and oxygen atoms in total. The number of benzene rings is 1. The van der Waals surface area contributed by atoms with Gasteiger partial charge >= 0.3 is 0 Å². The predicted molar refractivity (Wildman–Crippen MR) is 84.4 cm³/mol. The number of ether oxygens (including phenoxy) is 2. The van der Waals surface area contributed by atoms with Crippen molar-refractivity contribution >= 4 is 11.8 Å². The second-order valence-corrected chi connectivity index (χ2v) is 5.63. The van der Waals surface area contributed by atoms with Crippen molar-refractivity contribution in [3.8, 4) is 11.5 Å². The zero-order valence-electron chi connectivity index (χ0n) is 13.6. The van der Waals surface area contributed by atoms with Crippen LogP contribution >= 0.6 is 0 Å². The Hall–Kier alpha value is -2.28. The number of nitrogens with one attached hydrogen (secondary N) is 2. The van der Waals surface area contributed by atoms with Gasteiger partial charge in [-0.15, -0.1) is 0 Å². The van der Waals surface area contributed by atoms with Gasteiger partial charge in [-0.25, -0.2) is 0 Å². The second-order valence-electron chi connectivity index (χ2n) is 5.63. The molecule has 0 radical (unpaired) electrons. The molecule has 0 aromatic heterocycles. The fourth-order valence-electron chi connectivity index (χ4n) is 3.06. The minimum absolute atomic E-state index is 0.122. The van der Waals surface area contributed by atoms with Gasteiger partial charge in [-0.1, -0.05) is 0 Å². The first kappa shape index (κ1) is 17.1. The lowest BCUT2D eigenvalue weighted by Gasteiger charge is -2.23. The maximum atomic E-state index is 11.9. The molecule has 0 spiro atoms. The molecule has 0 saturated carbocycles. The summed E-state index contributed by atoms with van der Waals surface area (Å²) in [6.07, 6.45) is 2.03. The van der Waals surface area contributed by atoms with Gasteiger partial charge in [0.2, 0.25) is 5.91 Å². The Morgan fingerprint density at radius 1 is 1.35 bits per heavy atom. The molecule has 7 heteroatoms. The Labute approximate surface area is 135 Å². The van der Waals surface area contributed by atoms with Crippen molar-refractivity contribution in [3.63, 3.8) is 0 Å². The summed E-state index contributed by atoms with van der Waals surface area (Å²) >= 11 is 0. The van der Waals surface area contributed by atoms with E-state index in [9.17, 15) is 9.59 Å². The minimum atomic E-state index is -0.539. The van der Waals surface area contributed by atoms with Crippen LogP contribution < -0.4 is 25.4 Å². The van der Waals surface area contributed by atoms with Crippen LogP contribution in [0.15, 0.2) is 18.2 Å². The van der Waals surface area contributed by atoms with Crippen molar-refractivity contribution in [3.05, 3.63) is 23.8 Å². The first-order valence-electron chi connectivity index (χ1n) is 7.66. The highest BCUT2D eigenvalue weighted by molar-refractivity contribution is 5.84. The minimum Gasteiger partial charge on any atom is -0.497 e.